The first kappa shape index (κ1) is 16.5. The van der Waals surface area contributed by atoms with Gasteiger partial charge in [0.15, 0.2) is 5.82 Å². The average molecular weight is 333 g/mol. The number of morpholine rings is 1. The summed E-state index contributed by atoms with van der Waals surface area (Å²) in [6, 6.07) is 5.58. The highest BCUT2D eigenvalue weighted by molar-refractivity contribution is 5.83. The lowest BCUT2D eigenvalue weighted by molar-refractivity contribution is -0.128. The Morgan fingerprint density at radius 1 is 1.46 bits per heavy atom. The van der Waals surface area contributed by atoms with E-state index < -0.39 is 6.04 Å². The minimum atomic E-state index is -0.565. The van der Waals surface area contributed by atoms with E-state index in [1.165, 1.54) is 12.1 Å². The number of hydrogen-bond acceptors (Lipinski definition) is 5. The molecule has 1 aliphatic heterocycles. The minimum absolute atomic E-state index is 0.204. The van der Waals surface area contributed by atoms with Crippen LogP contribution in [0.1, 0.15) is 23.3 Å². The average Bonchev–Trinajstić information content (AvgIpc) is 3.00. The monoisotopic (exact) mass is 333 g/mol. The molecule has 2 heterocycles. The number of H-pyrrole nitrogens is 1. The number of hydrogen-bond donors (Lipinski definition) is 2. The standard InChI is InChI=1S/C16H20FN5O2/c1-11-19-14(21-20-11)10-18-16(23)15(22-5-7-24-8-6-22)12-3-2-4-13(17)9-12/h2-4,9,15H,5-8,10H2,1H3,(H,18,23)(H,19,20,21)/t15-/m1/s1. The molecule has 1 aromatic carbocycles. The Hall–Kier alpha value is -2.32. The van der Waals surface area contributed by atoms with E-state index in [0.717, 1.165) is 0 Å². The molecule has 128 valence electrons. The van der Waals surface area contributed by atoms with E-state index in [-0.39, 0.29) is 18.3 Å². The molecule has 0 radical (unpaired) electrons. The van der Waals surface area contributed by atoms with Crippen LogP contribution in [0.2, 0.25) is 0 Å². The van der Waals surface area contributed by atoms with E-state index in [4.69, 9.17) is 4.74 Å². The molecule has 7 nitrogen and oxygen atoms in total. The molecule has 1 amide bonds. The number of benzene rings is 1. The third kappa shape index (κ3) is 3.95. The summed E-state index contributed by atoms with van der Waals surface area (Å²) in [5.74, 6) is 0.642. The van der Waals surface area contributed by atoms with E-state index >= 15 is 0 Å². The molecule has 0 unspecified atom stereocenters. The first-order valence-corrected chi connectivity index (χ1v) is 7.86. The van der Waals surface area contributed by atoms with Gasteiger partial charge >= 0.3 is 0 Å². The highest BCUT2D eigenvalue weighted by atomic mass is 19.1. The molecule has 1 fully saturated rings. The maximum atomic E-state index is 13.6. The molecule has 2 aromatic rings. The van der Waals surface area contributed by atoms with Crippen LogP contribution in [0.4, 0.5) is 4.39 Å². The van der Waals surface area contributed by atoms with Crippen LogP contribution >= 0.6 is 0 Å². The van der Waals surface area contributed by atoms with Crippen molar-refractivity contribution < 1.29 is 13.9 Å². The highest BCUT2D eigenvalue weighted by Crippen LogP contribution is 2.23. The van der Waals surface area contributed by atoms with Crippen LogP contribution in [-0.4, -0.2) is 52.3 Å². The highest BCUT2D eigenvalue weighted by Gasteiger charge is 2.29. The molecule has 1 saturated heterocycles. The fraction of sp³-hybridized carbons (Fsp3) is 0.438. The lowest BCUT2D eigenvalue weighted by atomic mass is 10.0. The zero-order valence-corrected chi connectivity index (χ0v) is 13.5. The van der Waals surface area contributed by atoms with Crippen molar-refractivity contribution in [3.63, 3.8) is 0 Å². The Labute approximate surface area is 139 Å². The first-order chi connectivity index (χ1) is 11.6. The summed E-state index contributed by atoms with van der Waals surface area (Å²) in [6.07, 6.45) is 0. The van der Waals surface area contributed by atoms with Crippen molar-refractivity contribution in [2.75, 3.05) is 26.3 Å². The normalized spacial score (nSPS) is 16.8. The summed E-state index contributed by atoms with van der Waals surface area (Å²) in [4.78, 5) is 18.9. The molecule has 1 aromatic heterocycles. The molecule has 24 heavy (non-hydrogen) atoms. The summed E-state index contributed by atoms with van der Waals surface area (Å²) in [5, 5.41) is 9.58. The summed E-state index contributed by atoms with van der Waals surface area (Å²) < 4.78 is 19.0. The number of carbonyl (C=O) groups is 1. The van der Waals surface area contributed by atoms with Crippen molar-refractivity contribution >= 4 is 5.91 Å². The van der Waals surface area contributed by atoms with Crippen LogP contribution in [0, 0.1) is 12.7 Å². The van der Waals surface area contributed by atoms with Gasteiger partial charge in [0.05, 0.1) is 19.8 Å². The number of halogens is 1. The number of amides is 1. The van der Waals surface area contributed by atoms with Gasteiger partial charge in [0.25, 0.3) is 0 Å². The molecule has 0 saturated carbocycles. The van der Waals surface area contributed by atoms with E-state index in [1.807, 2.05) is 4.90 Å². The number of aromatic amines is 1. The van der Waals surface area contributed by atoms with E-state index in [2.05, 4.69) is 20.5 Å². The third-order valence-corrected chi connectivity index (χ3v) is 3.89. The number of rotatable bonds is 5. The Morgan fingerprint density at radius 2 is 2.25 bits per heavy atom. The SMILES string of the molecule is Cc1nc(CNC(=O)[C@@H](c2cccc(F)c2)N2CCOCC2)n[nH]1. The number of nitrogens with zero attached hydrogens (tertiary/aromatic N) is 3. The Balaban J connectivity index is 1.76. The van der Waals surface area contributed by atoms with Crippen molar-refractivity contribution in [1.29, 1.82) is 0 Å². The van der Waals surface area contributed by atoms with Gasteiger partial charge in [-0.1, -0.05) is 12.1 Å². The van der Waals surface area contributed by atoms with Crippen LogP contribution in [-0.2, 0) is 16.1 Å². The predicted octanol–water partition coefficient (Wildman–Crippen LogP) is 0.942. The van der Waals surface area contributed by atoms with Crippen molar-refractivity contribution in [2.45, 2.75) is 19.5 Å². The van der Waals surface area contributed by atoms with Gasteiger partial charge in [-0.15, -0.1) is 0 Å². The van der Waals surface area contributed by atoms with Crippen molar-refractivity contribution in [3.8, 4) is 0 Å². The van der Waals surface area contributed by atoms with Gasteiger partial charge in [0, 0.05) is 13.1 Å². The first-order valence-electron chi connectivity index (χ1n) is 7.86. The van der Waals surface area contributed by atoms with Crippen molar-refractivity contribution in [2.24, 2.45) is 0 Å². The number of aromatic nitrogens is 3. The van der Waals surface area contributed by atoms with Crippen LogP contribution in [0.5, 0.6) is 0 Å². The second-order valence-corrected chi connectivity index (χ2v) is 5.66. The molecule has 0 spiro atoms. The predicted molar refractivity (Wildman–Crippen MR) is 84.5 cm³/mol. The van der Waals surface area contributed by atoms with E-state index in [0.29, 0.717) is 43.5 Å². The lowest BCUT2D eigenvalue weighted by Crippen LogP contribution is -2.45. The summed E-state index contributed by atoms with van der Waals surface area (Å²) in [7, 11) is 0. The van der Waals surface area contributed by atoms with E-state index in [9.17, 15) is 9.18 Å². The summed E-state index contributed by atoms with van der Waals surface area (Å²) in [5.41, 5.74) is 0.626. The molecular formula is C16H20FN5O2. The maximum Gasteiger partial charge on any atom is 0.242 e. The van der Waals surface area contributed by atoms with Gasteiger partial charge in [0.2, 0.25) is 5.91 Å². The Bertz CT molecular complexity index is 699. The molecule has 2 N–H and O–H groups in total. The van der Waals surface area contributed by atoms with Crippen molar-refractivity contribution in [1.82, 2.24) is 25.4 Å². The fourth-order valence-electron chi connectivity index (χ4n) is 2.77. The molecule has 0 bridgehead atoms. The summed E-state index contributed by atoms with van der Waals surface area (Å²) in [6.45, 7) is 4.36. The van der Waals surface area contributed by atoms with Crippen molar-refractivity contribution in [3.05, 3.63) is 47.3 Å². The van der Waals surface area contributed by atoms with Gasteiger partial charge in [-0.2, -0.15) is 5.10 Å². The van der Waals surface area contributed by atoms with Gasteiger partial charge in [-0.3, -0.25) is 14.8 Å². The number of aryl methyl sites for hydroxylation is 1. The summed E-state index contributed by atoms with van der Waals surface area (Å²) >= 11 is 0. The molecule has 1 atom stereocenters. The second kappa shape index (κ2) is 7.50. The Morgan fingerprint density at radius 3 is 2.92 bits per heavy atom. The van der Waals surface area contributed by atoms with Crippen LogP contribution in [0.25, 0.3) is 0 Å². The molecule has 1 aliphatic rings. The quantitative estimate of drug-likeness (QED) is 0.851. The fourth-order valence-corrected chi connectivity index (χ4v) is 2.77. The van der Waals surface area contributed by atoms with Gasteiger partial charge in [-0.05, 0) is 24.6 Å². The van der Waals surface area contributed by atoms with Gasteiger partial charge in [-0.25, -0.2) is 9.37 Å². The molecule has 8 heteroatoms. The third-order valence-electron chi connectivity index (χ3n) is 3.89. The lowest BCUT2D eigenvalue weighted by Gasteiger charge is -2.33. The van der Waals surface area contributed by atoms with Crippen LogP contribution in [0.3, 0.4) is 0 Å². The Kier molecular flexibility index (Phi) is 5.17. The number of ether oxygens (including phenoxy) is 1. The zero-order valence-electron chi connectivity index (χ0n) is 13.5. The van der Waals surface area contributed by atoms with Gasteiger partial charge < -0.3 is 10.1 Å². The smallest absolute Gasteiger partial charge is 0.242 e. The molecule has 0 aliphatic carbocycles. The van der Waals surface area contributed by atoms with Gasteiger partial charge in [0.1, 0.15) is 17.7 Å². The molecule has 3 rings (SSSR count). The topological polar surface area (TPSA) is 83.1 Å². The second-order valence-electron chi connectivity index (χ2n) is 5.66. The number of nitrogens with one attached hydrogen (secondary N) is 2. The largest absolute Gasteiger partial charge is 0.379 e. The minimum Gasteiger partial charge on any atom is -0.379 e. The van der Waals surface area contributed by atoms with E-state index in [1.54, 1.807) is 19.1 Å². The zero-order chi connectivity index (χ0) is 16.9. The van der Waals surface area contributed by atoms with Crippen LogP contribution < -0.4 is 5.32 Å². The molecular weight excluding hydrogens is 313 g/mol. The van der Waals surface area contributed by atoms with Crippen LogP contribution in [0.15, 0.2) is 24.3 Å². The number of carbonyl (C=O) groups excluding carboxylic acids is 1. The maximum absolute atomic E-state index is 13.6.